The van der Waals surface area contributed by atoms with Gasteiger partial charge in [-0.25, -0.2) is 14.0 Å². The van der Waals surface area contributed by atoms with Crippen molar-refractivity contribution in [3.8, 4) is 17.1 Å². The van der Waals surface area contributed by atoms with Gasteiger partial charge in [0.15, 0.2) is 6.29 Å². The molecule has 50 heavy (non-hydrogen) atoms. The summed E-state index contributed by atoms with van der Waals surface area (Å²) in [4.78, 5) is 31.5. The molecule has 0 spiro atoms. The largest absolute Gasteiger partial charge is 0.482 e. The minimum Gasteiger partial charge on any atom is -0.482 e. The minimum absolute atomic E-state index is 0.0358. The van der Waals surface area contributed by atoms with E-state index in [9.17, 15) is 19.1 Å². The summed E-state index contributed by atoms with van der Waals surface area (Å²) < 4.78 is 45.9. The highest BCUT2D eigenvalue weighted by atomic mass is 19.1. The van der Waals surface area contributed by atoms with Crippen molar-refractivity contribution >= 4 is 5.97 Å². The Balaban J connectivity index is 1.21. The maximum atomic E-state index is 13.8. The highest BCUT2D eigenvalue weighted by Crippen LogP contribution is 2.68. The molecule has 4 heterocycles. The van der Waals surface area contributed by atoms with Crippen LogP contribution >= 0.6 is 0 Å². The molecule has 0 radical (unpaired) electrons. The number of esters is 1. The zero-order valence-corrected chi connectivity index (χ0v) is 28.4. The number of hydrogen-bond donors (Lipinski definition) is 1. The lowest BCUT2D eigenvalue weighted by Crippen LogP contribution is -2.72. The topological polar surface area (TPSA) is 117 Å². The van der Waals surface area contributed by atoms with Gasteiger partial charge in [-0.05, 0) is 86.4 Å². The molecule has 8 rings (SSSR count). The number of pyridine rings is 1. The number of aromatic nitrogens is 1. The van der Waals surface area contributed by atoms with Crippen LogP contribution in [0.4, 0.5) is 4.39 Å². The summed E-state index contributed by atoms with van der Waals surface area (Å²) in [5.74, 6) is -1.57. The van der Waals surface area contributed by atoms with Crippen LogP contribution in [-0.4, -0.2) is 40.5 Å². The maximum absolute atomic E-state index is 13.8. The molecule has 9 nitrogen and oxygen atoms in total. The van der Waals surface area contributed by atoms with Crippen molar-refractivity contribution in [2.45, 2.75) is 77.2 Å². The molecule has 2 aliphatic heterocycles. The number of nitrogens with zero attached hydrogens (tertiary/aromatic N) is 1. The SMILES string of the molecule is Cc1ccccc1[C@@H]1OC[C@@]2(C)C3C[C@H](OC(=O)c4ccc(F)cc4)[C@@]4(C)Oc5cc(-c6cccnc6)oc(=O)c5C(O)C4[C@@]3(C)CC[C@@H]2O1. The number of fused-ring (bicyclic) bond motifs is 6. The summed E-state index contributed by atoms with van der Waals surface area (Å²) in [6.45, 7) is 8.55. The van der Waals surface area contributed by atoms with Crippen molar-refractivity contribution in [3.63, 3.8) is 0 Å². The zero-order valence-electron chi connectivity index (χ0n) is 28.4. The van der Waals surface area contributed by atoms with E-state index in [2.05, 4.69) is 18.8 Å². The Bertz CT molecular complexity index is 2000. The van der Waals surface area contributed by atoms with Crippen LogP contribution in [0.5, 0.6) is 5.75 Å². The molecule has 9 atom stereocenters. The van der Waals surface area contributed by atoms with Crippen LogP contribution in [0.2, 0.25) is 0 Å². The van der Waals surface area contributed by atoms with Gasteiger partial charge in [-0.15, -0.1) is 0 Å². The molecule has 2 aromatic heterocycles. The number of halogens is 1. The third-order valence-corrected chi connectivity index (χ3v) is 12.1. The highest BCUT2D eigenvalue weighted by molar-refractivity contribution is 5.89. The van der Waals surface area contributed by atoms with Crippen molar-refractivity contribution in [1.29, 1.82) is 0 Å². The molecule has 0 amide bonds. The van der Waals surface area contributed by atoms with E-state index >= 15 is 0 Å². The molecular formula is C40H40FNO8. The number of aliphatic hydroxyl groups is 1. The normalized spacial score (nSPS) is 34.3. The molecule has 2 aliphatic carbocycles. The highest BCUT2D eigenvalue weighted by Gasteiger charge is 2.71. The average molecular weight is 682 g/mol. The lowest BCUT2D eigenvalue weighted by Gasteiger charge is -2.67. The van der Waals surface area contributed by atoms with Crippen molar-refractivity contribution in [2.24, 2.45) is 22.7 Å². The number of carbonyl (C=O) groups excluding carboxylic acids is 1. The Kier molecular flexibility index (Phi) is 7.78. The fourth-order valence-corrected chi connectivity index (χ4v) is 9.65. The van der Waals surface area contributed by atoms with Crippen LogP contribution in [-0.2, 0) is 14.2 Å². The number of benzene rings is 2. The smallest absolute Gasteiger partial charge is 0.345 e. The monoisotopic (exact) mass is 681 g/mol. The van der Waals surface area contributed by atoms with E-state index in [1.807, 2.05) is 38.1 Å². The predicted molar refractivity (Wildman–Crippen MR) is 180 cm³/mol. The molecule has 1 saturated heterocycles. The molecule has 0 bridgehead atoms. The second-order valence-corrected chi connectivity index (χ2v) is 15.0. The van der Waals surface area contributed by atoms with Gasteiger partial charge in [0.2, 0.25) is 0 Å². The van der Waals surface area contributed by atoms with Gasteiger partial charge in [0.1, 0.15) is 34.6 Å². The average Bonchev–Trinajstić information content (AvgIpc) is 3.09. The first-order valence-corrected chi connectivity index (χ1v) is 17.2. The van der Waals surface area contributed by atoms with Crippen LogP contribution in [0.25, 0.3) is 11.3 Å². The predicted octanol–water partition coefficient (Wildman–Crippen LogP) is 7.12. The zero-order chi connectivity index (χ0) is 35.0. The fraction of sp³-hybridized carbons (Fsp3) is 0.425. The number of rotatable bonds is 4. The molecule has 10 heteroatoms. The van der Waals surface area contributed by atoms with Crippen LogP contribution in [0, 0.1) is 35.4 Å². The molecule has 4 aromatic rings. The Labute approximate surface area is 289 Å². The Hall–Kier alpha value is -4.38. The summed E-state index contributed by atoms with van der Waals surface area (Å²) in [5, 5.41) is 12.4. The van der Waals surface area contributed by atoms with Crippen LogP contribution in [0.15, 0.2) is 88.3 Å². The number of aryl methyl sites for hydroxylation is 1. The first-order chi connectivity index (χ1) is 23.9. The quantitative estimate of drug-likeness (QED) is 0.225. The van der Waals surface area contributed by atoms with Gasteiger partial charge in [0, 0.05) is 40.9 Å². The maximum Gasteiger partial charge on any atom is 0.345 e. The molecule has 4 aliphatic rings. The van der Waals surface area contributed by atoms with E-state index in [0.29, 0.717) is 31.4 Å². The van der Waals surface area contributed by atoms with E-state index in [1.165, 1.54) is 24.3 Å². The van der Waals surface area contributed by atoms with E-state index in [0.717, 1.165) is 11.1 Å². The van der Waals surface area contributed by atoms with E-state index in [4.69, 9.17) is 23.4 Å². The first kappa shape index (κ1) is 32.8. The molecule has 3 unspecified atom stereocenters. The third kappa shape index (κ3) is 5.02. The minimum atomic E-state index is -1.30. The Morgan fingerprint density at radius 3 is 2.56 bits per heavy atom. The lowest BCUT2D eigenvalue weighted by atomic mass is 9.42. The molecule has 2 aromatic carbocycles. The molecular weight excluding hydrogens is 641 g/mol. The summed E-state index contributed by atoms with van der Waals surface area (Å²) in [6.07, 6.45) is 2.05. The second kappa shape index (κ2) is 11.9. The van der Waals surface area contributed by atoms with Gasteiger partial charge in [0.25, 0.3) is 0 Å². The van der Waals surface area contributed by atoms with Gasteiger partial charge < -0.3 is 28.5 Å². The molecule has 3 fully saturated rings. The van der Waals surface area contributed by atoms with Gasteiger partial charge in [-0.1, -0.05) is 38.1 Å². The summed E-state index contributed by atoms with van der Waals surface area (Å²) >= 11 is 0. The second-order valence-electron chi connectivity index (χ2n) is 15.0. The number of carbonyl (C=O) groups is 1. The number of aliphatic hydroxyl groups excluding tert-OH is 1. The van der Waals surface area contributed by atoms with Crippen molar-refractivity contribution < 1.29 is 37.7 Å². The van der Waals surface area contributed by atoms with Crippen molar-refractivity contribution in [3.05, 3.63) is 118 Å². The fourth-order valence-electron chi connectivity index (χ4n) is 9.65. The van der Waals surface area contributed by atoms with Crippen molar-refractivity contribution in [2.75, 3.05) is 6.61 Å². The Morgan fingerprint density at radius 2 is 1.82 bits per heavy atom. The summed E-state index contributed by atoms with van der Waals surface area (Å²) in [7, 11) is 0. The van der Waals surface area contributed by atoms with E-state index < -0.39 is 58.3 Å². The van der Waals surface area contributed by atoms with Crippen LogP contribution in [0.3, 0.4) is 0 Å². The van der Waals surface area contributed by atoms with Crippen molar-refractivity contribution in [1.82, 2.24) is 4.98 Å². The van der Waals surface area contributed by atoms with Gasteiger partial charge in [-0.3, -0.25) is 4.98 Å². The van der Waals surface area contributed by atoms with E-state index in [-0.39, 0.29) is 34.7 Å². The number of hydrogen-bond acceptors (Lipinski definition) is 9. The van der Waals surface area contributed by atoms with Gasteiger partial charge >= 0.3 is 11.6 Å². The molecule has 1 N–H and O–H groups in total. The molecule has 260 valence electrons. The van der Waals surface area contributed by atoms with Crippen LogP contribution < -0.4 is 10.4 Å². The van der Waals surface area contributed by atoms with Gasteiger partial charge in [-0.2, -0.15) is 0 Å². The Morgan fingerprint density at radius 1 is 1.04 bits per heavy atom. The van der Waals surface area contributed by atoms with E-state index in [1.54, 1.807) is 30.6 Å². The summed E-state index contributed by atoms with van der Waals surface area (Å²) in [5.41, 5.74) is -0.258. The standard InChI is InChI=1S/C40H40FNO8/c1-22-8-5-6-10-26(22)37-46-21-39(3)29-19-31(48-35(44)23-11-13-25(41)14-12-23)40(4)34(38(29,2)16-15-30(39)49-37)33(43)32-28(50-40)18-27(47-36(32)45)24-9-7-17-42-20-24/h5-14,17-18,20,29-31,33-34,37,43H,15-16,19,21H2,1-4H3/t29?,30-,31-,33?,34?,37+,38-,39-,40+/m0/s1. The van der Waals surface area contributed by atoms with Crippen LogP contribution in [0.1, 0.15) is 79.5 Å². The summed E-state index contributed by atoms with van der Waals surface area (Å²) in [6, 6.07) is 18.3. The lowest BCUT2D eigenvalue weighted by molar-refractivity contribution is -0.330. The number of ether oxygens (including phenoxy) is 4. The molecule has 2 saturated carbocycles. The first-order valence-electron chi connectivity index (χ1n) is 17.2. The van der Waals surface area contributed by atoms with Gasteiger partial charge in [0.05, 0.1) is 24.4 Å². The third-order valence-electron chi connectivity index (χ3n) is 12.1.